The smallest absolute Gasteiger partial charge is 0.346 e. The Morgan fingerprint density at radius 3 is 2.17 bits per heavy atom. The number of unbranched alkanes of at least 4 members (excludes halogenated alkanes) is 1. The Hall–Kier alpha value is -4.36. The van der Waals surface area contributed by atoms with Gasteiger partial charge in [0.15, 0.2) is 11.6 Å². The van der Waals surface area contributed by atoms with Gasteiger partial charge < -0.3 is 14.6 Å². The lowest BCUT2D eigenvalue weighted by molar-refractivity contribution is 0.0728. The maximum atomic E-state index is 15.0. The van der Waals surface area contributed by atoms with Crippen LogP contribution in [0.4, 0.5) is 13.2 Å². The molecule has 1 N–H and O–H groups in total. The molecular weight excluding hydrogens is 529 g/mol. The highest BCUT2D eigenvalue weighted by Crippen LogP contribution is 2.31. The minimum atomic E-state index is -1.33. The lowest BCUT2D eigenvalue weighted by Crippen LogP contribution is -2.12. The average molecular weight is 561 g/mol. The van der Waals surface area contributed by atoms with Crippen molar-refractivity contribution in [1.29, 1.82) is 0 Å². The molecule has 41 heavy (non-hydrogen) atoms. The van der Waals surface area contributed by atoms with Gasteiger partial charge in [-0.3, -0.25) is 0 Å². The third-order valence-electron chi connectivity index (χ3n) is 6.61. The van der Waals surface area contributed by atoms with E-state index in [0.29, 0.717) is 41.0 Å². The second-order valence-corrected chi connectivity index (χ2v) is 9.55. The maximum Gasteiger partial charge on any atom is 0.346 e. The van der Waals surface area contributed by atoms with Crippen LogP contribution < -0.4 is 9.47 Å². The van der Waals surface area contributed by atoms with Crippen molar-refractivity contribution in [3.05, 3.63) is 120 Å². The van der Waals surface area contributed by atoms with Crippen molar-refractivity contribution in [3.63, 3.8) is 0 Å². The van der Waals surface area contributed by atoms with Crippen LogP contribution in [0.3, 0.4) is 0 Å². The molecule has 0 aliphatic rings. The Morgan fingerprint density at radius 1 is 0.878 bits per heavy atom. The van der Waals surface area contributed by atoms with Crippen molar-refractivity contribution >= 4 is 5.97 Å². The molecular formula is C34H31F3O4. The van der Waals surface area contributed by atoms with Crippen molar-refractivity contribution in [2.75, 3.05) is 6.61 Å². The maximum absolute atomic E-state index is 15.0. The Kier molecular flexibility index (Phi) is 9.98. The summed E-state index contributed by atoms with van der Waals surface area (Å²) in [6.45, 7) is 6.07. The van der Waals surface area contributed by atoms with E-state index < -0.39 is 35.1 Å². The summed E-state index contributed by atoms with van der Waals surface area (Å²) in [5.74, 6) is -3.54. The molecule has 212 valence electrons. The molecule has 4 rings (SSSR count). The number of allylic oxidation sites excluding steroid dienone is 1. The minimum absolute atomic E-state index is 0.0184. The standard InChI is InChI=1S/C34H31F3O4/c1-3-5-6-20-40-26-16-17-27(30(35)21-26)22-12-14-25(15-13-22)41-34(39)29-19-18-28(32(36)33(29)37)23-8-10-24(11-9-23)31(38)7-4-2/h3,8-19,21,31,38H,1,4-7,20H2,2H3. The summed E-state index contributed by atoms with van der Waals surface area (Å²) in [7, 11) is 0. The molecule has 0 fully saturated rings. The summed E-state index contributed by atoms with van der Waals surface area (Å²) in [6.07, 6.45) is 4.17. The topological polar surface area (TPSA) is 55.8 Å². The van der Waals surface area contributed by atoms with Gasteiger partial charge in [0, 0.05) is 17.2 Å². The van der Waals surface area contributed by atoms with Gasteiger partial charge in [-0.15, -0.1) is 6.58 Å². The Bertz CT molecular complexity index is 1500. The zero-order valence-corrected chi connectivity index (χ0v) is 22.7. The number of carbonyl (C=O) groups is 1. The summed E-state index contributed by atoms with van der Waals surface area (Å²) >= 11 is 0. The molecule has 0 heterocycles. The predicted octanol–water partition coefficient (Wildman–Crippen LogP) is 8.84. The molecule has 4 aromatic rings. The van der Waals surface area contributed by atoms with E-state index in [1.165, 1.54) is 30.3 Å². The molecule has 4 nitrogen and oxygen atoms in total. The summed E-state index contributed by atoms with van der Waals surface area (Å²) in [5.41, 5.74) is 1.39. The van der Waals surface area contributed by atoms with Crippen molar-refractivity contribution < 1.29 is 32.5 Å². The van der Waals surface area contributed by atoms with Crippen molar-refractivity contribution in [2.45, 2.75) is 38.7 Å². The summed E-state index contributed by atoms with van der Waals surface area (Å²) in [6, 6.07) is 19.6. The predicted molar refractivity (Wildman–Crippen MR) is 153 cm³/mol. The van der Waals surface area contributed by atoms with Crippen LogP contribution in [0.1, 0.15) is 54.6 Å². The van der Waals surface area contributed by atoms with Gasteiger partial charge in [0.25, 0.3) is 0 Å². The minimum Gasteiger partial charge on any atom is -0.493 e. The van der Waals surface area contributed by atoms with E-state index in [1.54, 1.807) is 54.6 Å². The van der Waals surface area contributed by atoms with Gasteiger partial charge in [0.1, 0.15) is 17.3 Å². The van der Waals surface area contributed by atoms with Gasteiger partial charge >= 0.3 is 5.97 Å². The number of benzene rings is 4. The van der Waals surface area contributed by atoms with Crippen LogP contribution in [0.25, 0.3) is 22.3 Å². The van der Waals surface area contributed by atoms with Crippen LogP contribution in [-0.4, -0.2) is 17.7 Å². The van der Waals surface area contributed by atoms with E-state index in [2.05, 4.69) is 6.58 Å². The highest BCUT2D eigenvalue weighted by atomic mass is 19.2. The average Bonchev–Trinajstić information content (AvgIpc) is 2.97. The normalized spacial score (nSPS) is 11.6. The molecule has 0 radical (unpaired) electrons. The largest absolute Gasteiger partial charge is 0.493 e. The second-order valence-electron chi connectivity index (χ2n) is 9.55. The van der Waals surface area contributed by atoms with E-state index in [4.69, 9.17) is 9.47 Å². The van der Waals surface area contributed by atoms with Gasteiger partial charge in [-0.2, -0.15) is 0 Å². The molecule has 0 aliphatic heterocycles. The van der Waals surface area contributed by atoms with Crippen LogP contribution in [0.2, 0.25) is 0 Å². The highest BCUT2D eigenvalue weighted by molar-refractivity contribution is 5.92. The summed E-state index contributed by atoms with van der Waals surface area (Å²) < 4.78 is 55.4. The fraction of sp³-hybridized carbons (Fsp3) is 0.206. The van der Waals surface area contributed by atoms with Crippen LogP contribution >= 0.6 is 0 Å². The van der Waals surface area contributed by atoms with E-state index in [0.717, 1.165) is 19.3 Å². The number of hydrogen-bond acceptors (Lipinski definition) is 4. The van der Waals surface area contributed by atoms with Crippen molar-refractivity contribution in [2.24, 2.45) is 0 Å². The number of rotatable bonds is 12. The Labute approximate surface area is 237 Å². The molecule has 0 aliphatic carbocycles. The van der Waals surface area contributed by atoms with Crippen molar-refractivity contribution in [3.8, 4) is 33.8 Å². The molecule has 0 amide bonds. The molecule has 7 heteroatoms. The first kappa shape index (κ1) is 29.6. The number of aliphatic hydroxyl groups is 1. The molecule has 0 aromatic heterocycles. The van der Waals surface area contributed by atoms with E-state index in [9.17, 15) is 23.1 Å². The van der Waals surface area contributed by atoms with Crippen molar-refractivity contribution in [1.82, 2.24) is 0 Å². The van der Waals surface area contributed by atoms with Crippen LogP contribution in [0.15, 0.2) is 91.5 Å². The summed E-state index contributed by atoms with van der Waals surface area (Å²) in [4.78, 5) is 12.7. The monoisotopic (exact) mass is 560 g/mol. The number of esters is 1. The number of carbonyl (C=O) groups excluding carboxylic acids is 1. The fourth-order valence-corrected chi connectivity index (χ4v) is 4.36. The molecule has 1 atom stereocenters. The van der Waals surface area contributed by atoms with Gasteiger partial charge in [-0.25, -0.2) is 18.0 Å². The number of aliphatic hydroxyl groups excluding tert-OH is 1. The molecule has 0 bridgehead atoms. The van der Waals surface area contributed by atoms with Gasteiger partial charge in [0.2, 0.25) is 0 Å². The van der Waals surface area contributed by atoms with Gasteiger partial charge in [0.05, 0.1) is 18.3 Å². The highest BCUT2D eigenvalue weighted by Gasteiger charge is 2.21. The van der Waals surface area contributed by atoms with Crippen LogP contribution in [-0.2, 0) is 0 Å². The molecule has 0 spiro atoms. The Balaban J connectivity index is 1.44. The van der Waals surface area contributed by atoms with Gasteiger partial charge in [-0.1, -0.05) is 61.9 Å². The lowest BCUT2D eigenvalue weighted by atomic mass is 9.98. The summed E-state index contributed by atoms with van der Waals surface area (Å²) in [5, 5.41) is 10.1. The van der Waals surface area contributed by atoms with Gasteiger partial charge in [-0.05, 0) is 66.3 Å². The molecule has 4 aromatic carbocycles. The van der Waals surface area contributed by atoms with E-state index in [1.807, 2.05) is 6.92 Å². The third kappa shape index (κ3) is 7.24. The fourth-order valence-electron chi connectivity index (χ4n) is 4.36. The SMILES string of the molecule is C=CCCCOc1ccc(-c2ccc(OC(=O)c3ccc(-c4ccc(C(O)CCC)cc4)c(F)c3F)cc2)c(F)c1. The quantitative estimate of drug-likeness (QED) is 0.0814. The Morgan fingerprint density at radius 2 is 1.51 bits per heavy atom. The molecule has 1 unspecified atom stereocenters. The number of halogens is 3. The molecule has 0 saturated heterocycles. The zero-order chi connectivity index (χ0) is 29.4. The first-order valence-corrected chi connectivity index (χ1v) is 13.4. The lowest BCUT2D eigenvalue weighted by Gasteiger charge is -2.12. The van der Waals surface area contributed by atoms with E-state index >= 15 is 0 Å². The van der Waals surface area contributed by atoms with Crippen LogP contribution in [0, 0.1) is 17.5 Å². The number of ether oxygens (including phenoxy) is 2. The first-order chi connectivity index (χ1) is 19.8. The first-order valence-electron chi connectivity index (χ1n) is 13.4. The molecule has 0 saturated carbocycles. The van der Waals surface area contributed by atoms with Crippen LogP contribution in [0.5, 0.6) is 11.5 Å². The second kappa shape index (κ2) is 13.8. The number of hydrogen-bond donors (Lipinski definition) is 1. The third-order valence-corrected chi connectivity index (χ3v) is 6.61. The zero-order valence-electron chi connectivity index (χ0n) is 22.7. The van der Waals surface area contributed by atoms with E-state index in [-0.39, 0.29) is 11.3 Å².